The predicted octanol–water partition coefficient (Wildman–Crippen LogP) is 1.28. The van der Waals surface area contributed by atoms with Crippen LogP contribution in [0.4, 0.5) is 17.5 Å². The molecule has 126 valence electrons. The van der Waals surface area contributed by atoms with Gasteiger partial charge in [0.2, 0.25) is 17.7 Å². The molecule has 3 rings (SSSR count). The fourth-order valence-electron chi connectivity index (χ4n) is 1.94. The third-order valence-corrected chi connectivity index (χ3v) is 3.33. The van der Waals surface area contributed by atoms with Crippen LogP contribution in [-0.4, -0.2) is 33.4 Å². The molecule has 1 saturated carbocycles. The molecule has 3 N–H and O–H groups in total. The monoisotopic (exact) mass is 332 g/mol. The van der Waals surface area contributed by atoms with E-state index in [4.69, 9.17) is 4.42 Å². The molecule has 0 spiro atoms. The molecule has 0 bridgehead atoms. The van der Waals surface area contributed by atoms with Crippen LogP contribution < -0.4 is 16.0 Å². The van der Waals surface area contributed by atoms with E-state index in [2.05, 4.69) is 25.9 Å². The molecule has 2 heterocycles. The molecule has 0 atom stereocenters. The first-order chi connectivity index (χ1) is 11.6. The van der Waals surface area contributed by atoms with Crippen LogP contribution >= 0.6 is 0 Å². The summed E-state index contributed by atoms with van der Waals surface area (Å²) in [5, 5.41) is 19.4. The summed E-state index contributed by atoms with van der Waals surface area (Å²) in [5.74, 6) is 0.684. The first-order valence-electron chi connectivity index (χ1n) is 7.43. The number of nitrogens with zero attached hydrogens (tertiary/aromatic N) is 3. The molecule has 0 radical (unpaired) electrons. The van der Waals surface area contributed by atoms with Crippen LogP contribution in [0.3, 0.4) is 0 Å². The second-order valence-electron chi connectivity index (χ2n) is 5.31. The lowest BCUT2D eigenvalue weighted by molar-refractivity contribution is -0.384. The first-order valence-corrected chi connectivity index (χ1v) is 7.43. The summed E-state index contributed by atoms with van der Waals surface area (Å²) >= 11 is 0. The Morgan fingerprint density at radius 3 is 2.96 bits per heavy atom. The topological polar surface area (TPSA) is 135 Å². The molecule has 2 aromatic heterocycles. The molecule has 1 aliphatic rings. The number of carbonyl (C=O) groups is 1. The maximum Gasteiger partial charge on any atom is 0.329 e. The number of aromatic nitrogens is 2. The molecular weight excluding hydrogens is 316 g/mol. The Kier molecular flexibility index (Phi) is 4.54. The van der Waals surface area contributed by atoms with Gasteiger partial charge in [-0.25, -0.2) is 4.98 Å². The number of hydrogen-bond acceptors (Lipinski definition) is 8. The Morgan fingerprint density at radius 2 is 2.29 bits per heavy atom. The van der Waals surface area contributed by atoms with E-state index < -0.39 is 4.92 Å². The summed E-state index contributed by atoms with van der Waals surface area (Å²) in [6.45, 7) is 0.227. The highest BCUT2D eigenvalue weighted by Gasteiger charge is 2.26. The first kappa shape index (κ1) is 15.7. The van der Waals surface area contributed by atoms with E-state index in [9.17, 15) is 14.9 Å². The highest BCUT2D eigenvalue weighted by Crippen LogP contribution is 2.29. The van der Waals surface area contributed by atoms with E-state index in [1.165, 1.54) is 6.26 Å². The van der Waals surface area contributed by atoms with Crippen molar-refractivity contribution in [1.82, 2.24) is 15.3 Å². The van der Waals surface area contributed by atoms with Gasteiger partial charge in [0.1, 0.15) is 12.0 Å². The highest BCUT2D eigenvalue weighted by molar-refractivity contribution is 5.80. The van der Waals surface area contributed by atoms with Gasteiger partial charge in [-0.05, 0) is 25.0 Å². The Hall–Kier alpha value is -3.17. The zero-order valence-corrected chi connectivity index (χ0v) is 12.7. The zero-order chi connectivity index (χ0) is 16.9. The minimum Gasteiger partial charge on any atom is -0.467 e. The second kappa shape index (κ2) is 6.94. The molecule has 1 fully saturated rings. The van der Waals surface area contributed by atoms with Crippen molar-refractivity contribution in [2.45, 2.75) is 25.4 Å². The fourth-order valence-corrected chi connectivity index (χ4v) is 1.94. The van der Waals surface area contributed by atoms with E-state index in [1.807, 2.05) is 0 Å². The van der Waals surface area contributed by atoms with Gasteiger partial charge in [-0.15, -0.1) is 0 Å². The Balaban J connectivity index is 1.55. The van der Waals surface area contributed by atoms with Crippen molar-refractivity contribution in [2.75, 3.05) is 17.2 Å². The zero-order valence-electron chi connectivity index (χ0n) is 12.7. The number of amides is 1. The van der Waals surface area contributed by atoms with Crippen LogP contribution in [0.5, 0.6) is 0 Å². The largest absolute Gasteiger partial charge is 0.467 e. The summed E-state index contributed by atoms with van der Waals surface area (Å²) in [5.41, 5.74) is -0.185. The molecule has 2 aromatic rings. The average Bonchev–Trinajstić information content (AvgIpc) is 3.22. The molecule has 10 nitrogen and oxygen atoms in total. The lowest BCUT2D eigenvalue weighted by Gasteiger charge is -2.08. The second-order valence-corrected chi connectivity index (χ2v) is 5.31. The van der Waals surface area contributed by atoms with Crippen molar-refractivity contribution in [3.8, 4) is 0 Å². The summed E-state index contributed by atoms with van der Waals surface area (Å²) < 4.78 is 5.11. The Labute approximate surface area is 136 Å². The lowest BCUT2D eigenvalue weighted by atomic mass is 10.4. The van der Waals surface area contributed by atoms with Crippen LogP contribution in [0.1, 0.15) is 18.6 Å². The van der Waals surface area contributed by atoms with Gasteiger partial charge >= 0.3 is 5.69 Å². The number of hydrogen-bond donors (Lipinski definition) is 3. The van der Waals surface area contributed by atoms with E-state index in [-0.39, 0.29) is 42.5 Å². The van der Waals surface area contributed by atoms with Crippen LogP contribution in [0.2, 0.25) is 0 Å². The van der Waals surface area contributed by atoms with Gasteiger partial charge in [-0.1, -0.05) is 0 Å². The van der Waals surface area contributed by atoms with Gasteiger partial charge in [0.05, 0.1) is 24.3 Å². The van der Waals surface area contributed by atoms with Crippen LogP contribution in [0, 0.1) is 10.1 Å². The summed E-state index contributed by atoms with van der Waals surface area (Å²) in [6, 6.07) is 3.70. The predicted molar refractivity (Wildman–Crippen MR) is 84.4 cm³/mol. The van der Waals surface area contributed by atoms with Crippen molar-refractivity contribution in [3.63, 3.8) is 0 Å². The van der Waals surface area contributed by atoms with E-state index >= 15 is 0 Å². The van der Waals surface area contributed by atoms with E-state index in [1.54, 1.807) is 12.1 Å². The van der Waals surface area contributed by atoms with Crippen LogP contribution in [-0.2, 0) is 11.3 Å². The number of anilines is 2. The van der Waals surface area contributed by atoms with Gasteiger partial charge in [-0.3, -0.25) is 14.9 Å². The molecule has 0 aliphatic heterocycles. The molecule has 24 heavy (non-hydrogen) atoms. The van der Waals surface area contributed by atoms with Crippen LogP contribution in [0.25, 0.3) is 0 Å². The van der Waals surface area contributed by atoms with Crippen molar-refractivity contribution < 1.29 is 14.1 Å². The molecule has 1 aliphatic carbocycles. The standard InChI is InChI=1S/C14H16N6O4/c21-12(15-6-10-2-1-5-24-10)8-17-14-16-7-11(20(22)23)13(19-14)18-9-3-4-9/h1-2,5,7,9H,3-4,6,8H2,(H,15,21)(H2,16,17,18,19). The average molecular weight is 332 g/mol. The molecule has 1 amide bonds. The van der Waals surface area contributed by atoms with Gasteiger partial charge < -0.3 is 20.4 Å². The number of furan rings is 1. The normalized spacial score (nSPS) is 13.3. The quantitative estimate of drug-likeness (QED) is 0.486. The van der Waals surface area contributed by atoms with Gasteiger partial charge in [0, 0.05) is 6.04 Å². The number of nitro groups is 1. The van der Waals surface area contributed by atoms with Crippen molar-refractivity contribution in [3.05, 3.63) is 40.5 Å². The van der Waals surface area contributed by atoms with Crippen LogP contribution in [0.15, 0.2) is 29.0 Å². The highest BCUT2D eigenvalue weighted by atomic mass is 16.6. The van der Waals surface area contributed by atoms with E-state index in [0.29, 0.717) is 5.76 Å². The third kappa shape index (κ3) is 4.18. The van der Waals surface area contributed by atoms with Crippen molar-refractivity contribution in [2.24, 2.45) is 0 Å². The minimum absolute atomic E-state index is 0.0542. The Morgan fingerprint density at radius 1 is 1.46 bits per heavy atom. The smallest absolute Gasteiger partial charge is 0.329 e. The Bertz CT molecular complexity index is 729. The van der Waals surface area contributed by atoms with Gasteiger partial charge in [0.15, 0.2) is 0 Å². The number of nitrogens with one attached hydrogen (secondary N) is 3. The maximum absolute atomic E-state index is 11.8. The molecule has 0 aromatic carbocycles. The number of rotatable bonds is 8. The molecule has 0 unspecified atom stereocenters. The molecule has 10 heteroatoms. The SMILES string of the molecule is O=C(CNc1ncc([N+](=O)[O-])c(NC2CC2)n1)NCc1ccco1. The van der Waals surface area contributed by atoms with Gasteiger partial charge in [0.25, 0.3) is 0 Å². The van der Waals surface area contributed by atoms with E-state index in [0.717, 1.165) is 19.0 Å². The van der Waals surface area contributed by atoms with Crippen molar-refractivity contribution in [1.29, 1.82) is 0 Å². The summed E-state index contributed by atoms with van der Waals surface area (Å²) in [7, 11) is 0. The number of carbonyl (C=O) groups excluding carboxylic acids is 1. The summed E-state index contributed by atoms with van der Waals surface area (Å²) in [4.78, 5) is 30.2. The third-order valence-electron chi connectivity index (χ3n) is 3.33. The minimum atomic E-state index is -0.537. The summed E-state index contributed by atoms with van der Waals surface area (Å²) in [6.07, 6.45) is 4.57. The molecular formula is C14H16N6O4. The van der Waals surface area contributed by atoms with Crippen molar-refractivity contribution >= 4 is 23.4 Å². The molecule has 0 saturated heterocycles. The van der Waals surface area contributed by atoms with Gasteiger partial charge in [-0.2, -0.15) is 4.98 Å². The fraction of sp³-hybridized carbons (Fsp3) is 0.357. The lowest BCUT2D eigenvalue weighted by Crippen LogP contribution is -2.29. The maximum atomic E-state index is 11.8.